The van der Waals surface area contributed by atoms with Crippen LogP contribution in [0.5, 0.6) is 0 Å². The molecule has 1 fully saturated rings. The molecule has 0 N–H and O–H groups in total. The fourth-order valence-corrected chi connectivity index (χ4v) is 2.13. The molecule has 0 aliphatic carbocycles. The van der Waals surface area contributed by atoms with Gasteiger partial charge >= 0.3 is 6.18 Å². The van der Waals surface area contributed by atoms with Crippen LogP contribution < -0.4 is 0 Å². The average Bonchev–Trinajstić information content (AvgIpc) is 2.25. The van der Waals surface area contributed by atoms with E-state index in [0.717, 1.165) is 4.47 Å². The molecule has 104 valence electrons. The summed E-state index contributed by atoms with van der Waals surface area (Å²) >= 11 is 3.26. The van der Waals surface area contributed by atoms with Crippen molar-refractivity contribution in [2.75, 3.05) is 19.7 Å². The Morgan fingerprint density at radius 2 is 2.11 bits per heavy atom. The minimum Gasteiger partial charge on any atom is -0.365 e. The van der Waals surface area contributed by atoms with Crippen molar-refractivity contribution in [2.24, 2.45) is 0 Å². The first-order valence-corrected chi connectivity index (χ1v) is 6.37. The molecule has 1 heterocycles. The van der Waals surface area contributed by atoms with Gasteiger partial charge in [0.15, 0.2) is 0 Å². The van der Waals surface area contributed by atoms with E-state index in [1.807, 2.05) is 0 Å². The number of benzene rings is 1. The molecule has 0 saturated carbocycles. The van der Waals surface area contributed by atoms with Crippen LogP contribution in [-0.2, 0) is 4.74 Å². The summed E-state index contributed by atoms with van der Waals surface area (Å²) in [6, 6.07) is 6.86. The quantitative estimate of drug-likeness (QED) is 0.848. The molecule has 19 heavy (non-hydrogen) atoms. The first-order chi connectivity index (χ1) is 8.85. The Hall–Kier alpha value is -1.08. The Labute approximate surface area is 116 Å². The Morgan fingerprint density at radius 3 is 2.68 bits per heavy atom. The number of hydrogen-bond donors (Lipinski definition) is 0. The zero-order valence-electron chi connectivity index (χ0n) is 9.78. The van der Waals surface area contributed by atoms with E-state index in [2.05, 4.69) is 20.7 Å². The van der Waals surface area contributed by atoms with Crippen LogP contribution in [0.4, 0.5) is 13.2 Å². The number of halogens is 4. The smallest absolute Gasteiger partial charge is 0.365 e. The predicted molar refractivity (Wildman–Crippen MR) is 65.8 cm³/mol. The highest BCUT2D eigenvalue weighted by Gasteiger charge is 2.36. The highest BCUT2D eigenvalue weighted by molar-refractivity contribution is 9.10. The topological polar surface area (TPSA) is 29.5 Å². The molecule has 1 aliphatic rings. The van der Waals surface area contributed by atoms with Crippen molar-refractivity contribution < 1.29 is 22.7 Å². The second kappa shape index (κ2) is 5.50. The lowest BCUT2D eigenvalue weighted by Crippen LogP contribution is -2.55. The molecule has 0 atom stereocenters. The maximum absolute atomic E-state index is 12.0. The van der Waals surface area contributed by atoms with Crippen LogP contribution in [0.1, 0.15) is 10.4 Å². The summed E-state index contributed by atoms with van der Waals surface area (Å²) in [7, 11) is 0. The third kappa shape index (κ3) is 3.94. The summed E-state index contributed by atoms with van der Waals surface area (Å²) in [5.41, 5.74) is 0.503. The standard InChI is InChI=1S/C12H11BrF3NO2/c13-9-3-1-2-8(4-9)11(18)17-5-10(6-17)19-7-12(14,15)16/h1-4,10H,5-7H2. The van der Waals surface area contributed by atoms with Gasteiger partial charge < -0.3 is 9.64 Å². The number of carbonyl (C=O) groups is 1. The van der Waals surface area contributed by atoms with E-state index in [4.69, 9.17) is 0 Å². The Bertz CT molecular complexity index is 472. The van der Waals surface area contributed by atoms with Crippen molar-refractivity contribution in [3.05, 3.63) is 34.3 Å². The van der Waals surface area contributed by atoms with E-state index >= 15 is 0 Å². The van der Waals surface area contributed by atoms with Crippen LogP contribution in [0.3, 0.4) is 0 Å². The molecular formula is C12H11BrF3NO2. The van der Waals surface area contributed by atoms with E-state index in [1.165, 1.54) is 4.90 Å². The normalized spacial score (nSPS) is 16.3. The van der Waals surface area contributed by atoms with E-state index in [-0.39, 0.29) is 19.0 Å². The second-order valence-corrected chi connectivity index (χ2v) is 5.18. The molecule has 1 amide bonds. The van der Waals surface area contributed by atoms with Gasteiger partial charge in [-0.15, -0.1) is 0 Å². The third-order valence-corrected chi connectivity index (χ3v) is 3.18. The Balaban J connectivity index is 1.82. The van der Waals surface area contributed by atoms with Crippen molar-refractivity contribution in [3.8, 4) is 0 Å². The van der Waals surface area contributed by atoms with Gasteiger partial charge in [0.1, 0.15) is 6.61 Å². The van der Waals surface area contributed by atoms with Crippen LogP contribution >= 0.6 is 15.9 Å². The number of rotatable bonds is 3. The SMILES string of the molecule is O=C(c1cccc(Br)c1)N1CC(OCC(F)(F)F)C1. The minimum atomic E-state index is -4.32. The molecule has 1 saturated heterocycles. The number of hydrogen-bond acceptors (Lipinski definition) is 2. The van der Waals surface area contributed by atoms with Crippen LogP contribution in [0.25, 0.3) is 0 Å². The van der Waals surface area contributed by atoms with Crippen LogP contribution in [-0.4, -0.2) is 42.8 Å². The fraction of sp³-hybridized carbons (Fsp3) is 0.417. The number of carbonyl (C=O) groups excluding carboxylic acids is 1. The first-order valence-electron chi connectivity index (χ1n) is 5.58. The zero-order chi connectivity index (χ0) is 14.0. The average molecular weight is 338 g/mol. The van der Waals surface area contributed by atoms with E-state index in [9.17, 15) is 18.0 Å². The molecule has 1 aromatic rings. The summed E-state index contributed by atoms with van der Waals surface area (Å²) in [6.07, 6.45) is -4.85. The molecule has 0 aromatic heterocycles. The summed E-state index contributed by atoms with van der Waals surface area (Å²) in [5, 5.41) is 0. The van der Waals surface area contributed by atoms with E-state index < -0.39 is 18.9 Å². The van der Waals surface area contributed by atoms with E-state index in [1.54, 1.807) is 24.3 Å². The molecule has 0 bridgehead atoms. The fourth-order valence-electron chi connectivity index (χ4n) is 1.73. The van der Waals surface area contributed by atoms with Crippen molar-refractivity contribution in [2.45, 2.75) is 12.3 Å². The monoisotopic (exact) mass is 337 g/mol. The maximum Gasteiger partial charge on any atom is 0.411 e. The van der Waals surface area contributed by atoms with Gasteiger partial charge in [-0.05, 0) is 18.2 Å². The molecule has 0 spiro atoms. The zero-order valence-corrected chi connectivity index (χ0v) is 11.4. The number of nitrogens with zero attached hydrogens (tertiary/aromatic N) is 1. The number of likely N-dealkylation sites (tertiary alicyclic amines) is 1. The van der Waals surface area contributed by atoms with Crippen molar-refractivity contribution in [3.63, 3.8) is 0 Å². The van der Waals surface area contributed by atoms with Gasteiger partial charge in [0, 0.05) is 23.1 Å². The van der Waals surface area contributed by atoms with Gasteiger partial charge in [0.05, 0.1) is 6.10 Å². The third-order valence-electron chi connectivity index (χ3n) is 2.69. The largest absolute Gasteiger partial charge is 0.411 e. The summed E-state index contributed by atoms with van der Waals surface area (Å²) in [6.45, 7) is -0.876. The molecule has 2 rings (SSSR count). The lowest BCUT2D eigenvalue weighted by atomic mass is 10.1. The first kappa shape index (κ1) is 14.3. The number of alkyl halides is 3. The summed E-state index contributed by atoms with van der Waals surface area (Å²) in [4.78, 5) is 13.4. The number of amides is 1. The predicted octanol–water partition coefficient (Wildman–Crippen LogP) is 2.85. The molecule has 7 heteroatoms. The highest BCUT2D eigenvalue weighted by atomic mass is 79.9. The Kier molecular flexibility index (Phi) is 4.15. The molecule has 1 aromatic carbocycles. The van der Waals surface area contributed by atoms with E-state index in [0.29, 0.717) is 5.56 Å². The molecular weight excluding hydrogens is 327 g/mol. The van der Waals surface area contributed by atoms with Gasteiger partial charge in [0.2, 0.25) is 0 Å². The Morgan fingerprint density at radius 1 is 1.42 bits per heavy atom. The molecule has 1 aliphatic heterocycles. The number of ether oxygens (including phenoxy) is 1. The minimum absolute atomic E-state index is 0.196. The van der Waals surface area contributed by atoms with Crippen LogP contribution in [0.15, 0.2) is 28.7 Å². The lowest BCUT2D eigenvalue weighted by Gasteiger charge is -2.39. The van der Waals surface area contributed by atoms with Gasteiger partial charge in [-0.3, -0.25) is 4.79 Å². The lowest BCUT2D eigenvalue weighted by molar-refractivity contribution is -0.196. The molecule has 3 nitrogen and oxygen atoms in total. The van der Waals surface area contributed by atoms with Gasteiger partial charge in [-0.25, -0.2) is 0 Å². The van der Waals surface area contributed by atoms with Crippen molar-refractivity contribution >= 4 is 21.8 Å². The highest BCUT2D eigenvalue weighted by Crippen LogP contribution is 2.21. The molecule has 0 unspecified atom stereocenters. The molecule has 0 radical (unpaired) electrons. The van der Waals surface area contributed by atoms with Gasteiger partial charge in [0.25, 0.3) is 5.91 Å². The second-order valence-electron chi connectivity index (χ2n) is 4.27. The van der Waals surface area contributed by atoms with Crippen LogP contribution in [0.2, 0.25) is 0 Å². The van der Waals surface area contributed by atoms with Crippen LogP contribution in [0, 0.1) is 0 Å². The maximum atomic E-state index is 12.0. The summed E-state index contributed by atoms with van der Waals surface area (Å²) in [5.74, 6) is -0.201. The van der Waals surface area contributed by atoms with Gasteiger partial charge in [-0.2, -0.15) is 13.2 Å². The van der Waals surface area contributed by atoms with Crippen molar-refractivity contribution in [1.82, 2.24) is 4.90 Å². The van der Waals surface area contributed by atoms with Crippen molar-refractivity contribution in [1.29, 1.82) is 0 Å². The summed E-state index contributed by atoms with van der Waals surface area (Å²) < 4.78 is 41.2. The van der Waals surface area contributed by atoms with Gasteiger partial charge in [-0.1, -0.05) is 22.0 Å².